The van der Waals surface area contributed by atoms with E-state index in [4.69, 9.17) is 16.3 Å². The zero-order valence-corrected chi connectivity index (χ0v) is 11.7. The van der Waals surface area contributed by atoms with E-state index in [0.717, 1.165) is 0 Å². The second-order valence-corrected chi connectivity index (χ2v) is 4.62. The van der Waals surface area contributed by atoms with Gasteiger partial charge in [0.05, 0.1) is 25.4 Å². The molecular weight excluding hydrogens is 281 g/mol. The Hall–Kier alpha value is -1.78. The van der Waals surface area contributed by atoms with Crippen molar-refractivity contribution in [2.75, 3.05) is 19.0 Å². The second-order valence-electron chi connectivity index (χ2n) is 4.22. The Bertz CT molecular complexity index is 572. The van der Waals surface area contributed by atoms with E-state index < -0.39 is 11.9 Å². The minimum atomic E-state index is -0.653. The molecule has 1 unspecified atom stereocenters. The molecule has 3 nitrogen and oxygen atoms in total. The average Bonchev–Trinajstić information content (AvgIpc) is 2.46. The van der Waals surface area contributed by atoms with Gasteiger partial charge in [0, 0.05) is 10.6 Å². The van der Waals surface area contributed by atoms with Crippen LogP contribution < -0.4 is 10.1 Å². The van der Waals surface area contributed by atoms with E-state index in [1.54, 1.807) is 25.3 Å². The van der Waals surface area contributed by atoms with Gasteiger partial charge in [-0.1, -0.05) is 29.8 Å². The van der Waals surface area contributed by atoms with Gasteiger partial charge in [-0.05, 0) is 24.3 Å². The molecule has 0 amide bonds. The minimum Gasteiger partial charge on any atom is -0.495 e. The first-order valence-corrected chi connectivity index (χ1v) is 6.49. The number of rotatable bonds is 5. The summed E-state index contributed by atoms with van der Waals surface area (Å²) in [6.07, 6.45) is 0. The fourth-order valence-corrected chi connectivity index (χ4v) is 2.30. The Kier molecular flexibility index (Phi) is 4.82. The molecule has 0 radical (unpaired) electrons. The van der Waals surface area contributed by atoms with E-state index in [1.807, 2.05) is 12.1 Å². The van der Waals surface area contributed by atoms with Crippen molar-refractivity contribution in [2.24, 2.45) is 0 Å². The summed E-state index contributed by atoms with van der Waals surface area (Å²) in [6, 6.07) is 11.0. The lowest BCUT2D eigenvalue weighted by Crippen LogP contribution is -2.17. The Morgan fingerprint density at radius 3 is 2.65 bits per heavy atom. The Morgan fingerprint density at radius 2 is 2.00 bits per heavy atom. The maximum Gasteiger partial charge on any atom is 0.141 e. The topological polar surface area (TPSA) is 41.5 Å². The third kappa shape index (κ3) is 3.03. The van der Waals surface area contributed by atoms with Crippen LogP contribution in [0.1, 0.15) is 11.6 Å². The number of hydrogen-bond acceptors (Lipinski definition) is 3. The molecule has 2 rings (SSSR count). The van der Waals surface area contributed by atoms with Crippen LogP contribution in [0.4, 0.5) is 10.1 Å². The zero-order chi connectivity index (χ0) is 14.5. The van der Waals surface area contributed by atoms with Crippen molar-refractivity contribution in [2.45, 2.75) is 6.04 Å². The van der Waals surface area contributed by atoms with Crippen LogP contribution in [0, 0.1) is 5.82 Å². The van der Waals surface area contributed by atoms with E-state index in [9.17, 15) is 9.50 Å². The number of halogens is 2. The molecule has 1 atom stereocenters. The number of ether oxygens (including phenoxy) is 1. The van der Waals surface area contributed by atoms with Crippen molar-refractivity contribution in [3.63, 3.8) is 0 Å². The number of para-hydroxylation sites is 2. The zero-order valence-electron chi connectivity index (χ0n) is 10.9. The number of methoxy groups -OCH3 is 1. The van der Waals surface area contributed by atoms with Crippen LogP contribution in [0.15, 0.2) is 42.5 Å². The lowest BCUT2D eigenvalue weighted by Gasteiger charge is -2.21. The van der Waals surface area contributed by atoms with E-state index in [1.165, 1.54) is 12.1 Å². The van der Waals surface area contributed by atoms with Gasteiger partial charge < -0.3 is 15.2 Å². The first kappa shape index (κ1) is 14.6. The highest BCUT2D eigenvalue weighted by Crippen LogP contribution is 2.31. The summed E-state index contributed by atoms with van der Waals surface area (Å²) >= 11 is 6.02. The maximum atomic E-state index is 13.9. The predicted molar refractivity (Wildman–Crippen MR) is 77.9 cm³/mol. The SMILES string of the molecule is COc1ccccc1NC(CO)c1c(F)cccc1Cl. The first-order valence-electron chi connectivity index (χ1n) is 6.11. The molecule has 0 heterocycles. The van der Waals surface area contributed by atoms with Gasteiger partial charge in [-0.15, -0.1) is 0 Å². The highest BCUT2D eigenvalue weighted by atomic mass is 35.5. The van der Waals surface area contributed by atoms with E-state index >= 15 is 0 Å². The molecule has 0 bridgehead atoms. The van der Waals surface area contributed by atoms with Crippen LogP contribution in [0.2, 0.25) is 5.02 Å². The molecule has 2 aromatic carbocycles. The molecule has 0 aromatic heterocycles. The third-order valence-corrected chi connectivity index (χ3v) is 3.30. The summed E-state index contributed by atoms with van der Waals surface area (Å²) < 4.78 is 19.1. The van der Waals surface area contributed by atoms with Crippen LogP contribution in [-0.2, 0) is 0 Å². The van der Waals surface area contributed by atoms with Gasteiger partial charge in [-0.25, -0.2) is 4.39 Å². The van der Waals surface area contributed by atoms with Crippen molar-refractivity contribution >= 4 is 17.3 Å². The van der Waals surface area contributed by atoms with Crippen LogP contribution in [0.5, 0.6) is 5.75 Å². The molecule has 2 aromatic rings. The Labute approximate surface area is 122 Å². The molecule has 0 saturated heterocycles. The molecule has 5 heteroatoms. The van der Waals surface area contributed by atoms with Crippen molar-refractivity contribution in [1.29, 1.82) is 0 Å². The number of aliphatic hydroxyl groups excluding tert-OH is 1. The maximum absolute atomic E-state index is 13.9. The summed E-state index contributed by atoms with van der Waals surface area (Å²) in [6.45, 7) is -0.293. The largest absolute Gasteiger partial charge is 0.495 e. The van der Waals surface area contributed by atoms with Gasteiger partial charge >= 0.3 is 0 Å². The number of anilines is 1. The second kappa shape index (κ2) is 6.59. The standard InChI is InChI=1S/C15H15ClFNO2/c1-20-14-8-3-2-7-12(14)18-13(9-19)15-10(16)5-4-6-11(15)17/h2-8,13,18-19H,9H2,1H3. The summed E-state index contributed by atoms with van der Waals surface area (Å²) in [5, 5.41) is 12.8. The fourth-order valence-electron chi connectivity index (χ4n) is 2.00. The Balaban J connectivity index is 2.34. The minimum absolute atomic E-state index is 0.238. The number of nitrogens with one attached hydrogen (secondary N) is 1. The number of benzene rings is 2. The van der Waals surface area contributed by atoms with Crippen molar-refractivity contribution in [3.8, 4) is 5.75 Å². The molecule has 0 aliphatic carbocycles. The van der Waals surface area contributed by atoms with Gasteiger partial charge in [0.15, 0.2) is 0 Å². The summed E-state index contributed by atoms with van der Waals surface area (Å²) in [4.78, 5) is 0. The monoisotopic (exact) mass is 295 g/mol. The lowest BCUT2D eigenvalue weighted by molar-refractivity contribution is 0.273. The van der Waals surface area contributed by atoms with Gasteiger partial charge in [0.2, 0.25) is 0 Å². The van der Waals surface area contributed by atoms with Crippen LogP contribution in [-0.4, -0.2) is 18.8 Å². The quantitative estimate of drug-likeness (QED) is 0.885. The van der Waals surface area contributed by atoms with E-state index in [2.05, 4.69) is 5.32 Å². The highest BCUT2D eigenvalue weighted by molar-refractivity contribution is 6.31. The highest BCUT2D eigenvalue weighted by Gasteiger charge is 2.19. The molecular formula is C15H15ClFNO2. The molecule has 0 aliphatic rings. The van der Waals surface area contributed by atoms with Crippen LogP contribution >= 0.6 is 11.6 Å². The molecule has 106 valence electrons. The predicted octanol–water partition coefficient (Wildman–Crippen LogP) is 3.63. The normalized spacial score (nSPS) is 12.0. The van der Waals surface area contributed by atoms with Gasteiger partial charge in [-0.2, -0.15) is 0 Å². The molecule has 0 aliphatic heterocycles. The van der Waals surface area contributed by atoms with Gasteiger partial charge in [0.25, 0.3) is 0 Å². The summed E-state index contributed by atoms with van der Waals surface area (Å²) in [7, 11) is 1.55. The molecule has 20 heavy (non-hydrogen) atoms. The smallest absolute Gasteiger partial charge is 0.141 e. The van der Waals surface area contributed by atoms with Crippen LogP contribution in [0.3, 0.4) is 0 Å². The van der Waals surface area contributed by atoms with Gasteiger partial charge in [0.1, 0.15) is 11.6 Å². The van der Waals surface area contributed by atoms with Crippen molar-refractivity contribution in [3.05, 3.63) is 58.9 Å². The van der Waals surface area contributed by atoms with E-state index in [-0.39, 0.29) is 17.2 Å². The first-order chi connectivity index (χ1) is 9.67. The summed E-state index contributed by atoms with van der Waals surface area (Å²) in [5.41, 5.74) is 0.899. The average molecular weight is 296 g/mol. The fraction of sp³-hybridized carbons (Fsp3) is 0.200. The summed E-state index contributed by atoms with van der Waals surface area (Å²) in [5.74, 6) is 0.150. The molecule has 2 N–H and O–H groups in total. The molecule has 0 spiro atoms. The molecule has 0 saturated carbocycles. The molecule has 0 fully saturated rings. The van der Waals surface area contributed by atoms with E-state index in [0.29, 0.717) is 11.4 Å². The Morgan fingerprint density at radius 1 is 1.25 bits per heavy atom. The van der Waals surface area contributed by atoms with Crippen LogP contribution in [0.25, 0.3) is 0 Å². The van der Waals surface area contributed by atoms with Gasteiger partial charge in [-0.3, -0.25) is 0 Å². The van der Waals surface area contributed by atoms with Crippen molar-refractivity contribution in [1.82, 2.24) is 0 Å². The van der Waals surface area contributed by atoms with Crippen molar-refractivity contribution < 1.29 is 14.2 Å². The lowest BCUT2D eigenvalue weighted by atomic mass is 10.1. The third-order valence-electron chi connectivity index (χ3n) is 2.97. The number of hydrogen-bond donors (Lipinski definition) is 2. The number of aliphatic hydroxyl groups is 1.